The van der Waals surface area contributed by atoms with E-state index < -0.39 is 11.4 Å². The number of rotatable bonds is 2. The van der Waals surface area contributed by atoms with Crippen molar-refractivity contribution in [2.45, 2.75) is 74.5 Å². The molecule has 1 aliphatic carbocycles. The summed E-state index contributed by atoms with van der Waals surface area (Å²) in [5, 5.41) is 0. The van der Waals surface area contributed by atoms with Gasteiger partial charge in [-0.15, -0.1) is 0 Å². The fourth-order valence-corrected chi connectivity index (χ4v) is 6.78. The van der Waals surface area contributed by atoms with Gasteiger partial charge in [-0.3, -0.25) is 0 Å². The van der Waals surface area contributed by atoms with E-state index in [4.69, 9.17) is 19.2 Å². The van der Waals surface area contributed by atoms with Crippen LogP contribution >= 0.6 is 11.8 Å². The minimum atomic E-state index is -0.694. The SMILES string of the molecule is C[C@H]1[C@H](Sc2ccccc2)O[C@@H]2OC3(C)CC[C@H]4[C@H](C)CC[C@@H]1[C@@]24OO3. The van der Waals surface area contributed by atoms with E-state index in [1.54, 1.807) is 11.8 Å². The highest BCUT2D eigenvalue weighted by Gasteiger charge is 2.69. The van der Waals surface area contributed by atoms with Gasteiger partial charge in [-0.05, 0) is 56.1 Å². The second kappa shape index (κ2) is 6.21. The summed E-state index contributed by atoms with van der Waals surface area (Å²) in [5.74, 6) is 1.11. The van der Waals surface area contributed by atoms with E-state index in [1.165, 1.54) is 11.3 Å². The van der Waals surface area contributed by atoms with Crippen molar-refractivity contribution in [2.75, 3.05) is 0 Å². The van der Waals surface area contributed by atoms with Gasteiger partial charge in [-0.2, -0.15) is 0 Å². The topological polar surface area (TPSA) is 36.9 Å². The average Bonchev–Trinajstić information content (AvgIpc) is 2.86. The van der Waals surface area contributed by atoms with Crippen molar-refractivity contribution < 1.29 is 19.2 Å². The highest BCUT2D eigenvalue weighted by Crippen LogP contribution is 2.61. The highest BCUT2D eigenvalue weighted by atomic mass is 32.2. The first-order valence-electron chi connectivity index (χ1n) is 9.94. The molecular formula is C21H28O4S. The maximum Gasteiger partial charge on any atom is 0.201 e. The average molecular weight is 377 g/mol. The third-order valence-corrected chi connectivity index (χ3v) is 8.41. The van der Waals surface area contributed by atoms with Crippen molar-refractivity contribution in [3.63, 3.8) is 0 Å². The molecule has 5 heteroatoms. The molecule has 0 amide bonds. The lowest BCUT2D eigenvalue weighted by molar-refractivity contribution is -0.568. The van der Waals surface area contributed by atoms with Gasteiger partial charge in [0, 0.05) is 17.2 Å². The third kappa shape index (κ3) is 2.51. The van der Waals surface area contributed by atoms with Gasteiger partial charge in [0.15, 0.2) is 11.9 Å². The number of thioether (sulfide) groups is 1. The van der Waals surface area contributed by atoms with E-state index in [-0.39, 0.29) is 11.7 Å². The van der Waals surface area contributed by atoms with Gasteiger partial charge in [-0.25, -0.2) is 9.78 Å². The van der Waals surface area contributed by atoms with Crippen LogP contribution in [0.15, 0.2) is 35.2 Å². The first-order chi connectivity index (χ1) is 12.5. The molecule has 1 spiro atoms. The van der Waals surface area contributed by atoms with Gasteiger partial charge in [-0.1, -0.05) is 43.8 Å². The summed E-state index contributed by atoms with van der Waals surface area (Å²) in [6.07, 6.45) is 3.99. The molecule has 4 nitrogen and oxygen atoms in total. The molecule has 5 aliphatic rings. The molecule has 2 bridgehead atoms. The van der Waals surface area contributed by atoms with E-state index in [2.05, 4.69) is 44.2 Å². The van der Waals surface area contributed by atoms with Gasteiger partial charge < -0.3 is 9.47 Å². The lowest BCUT2D eigenvalue weighted by atomic mass is 9.58. The summed E-state index contributed by atoms with van der Waals surface area (Å²) >= 11 is 1.80. The Balaban J connectivity index is 1.50. The van der Waals surface area contributed by atoms with Crippen molar-refractivity contribution in [3.8, 4) is 0 Å². The summed E-state index contributed by atoms with van der Waals surface area (Å²) < 4.78 is 13.0. The van der Waals surface area contributed by atoms with Crippen LogP contribution in [-0.4, -0.2) is 23.1 Å². The summed E-state index contributed by atoms with van der Waals surface area (Å²) in [4.78, 5) is 13.3. The van der Waals surface area contributed by atoms with Gasteiger partial charge in [0.1, 0.15) is 5.44 Å². The zero-order chi connectivity index (χ0) is 17.9. The van der Waals surface area contributed by atoms with Crippen molar-refractivity contribution in [1.82, 2.24) is 0 Å². The van der Waals surface area contributed by atoms with Crippen LogP contribution in [0.2, 0.25) is 0 Å². The van der Waals surface area contributed by atoms with E-state index >= 15 is 0 Å². The fourth-order valence-electron chi connectivity index (χ4n) is 5.64. The highest BCUT2D eigenvalue weighted by molar-refractivity contribution is 7.99. The van der Waals surface area contributed by atoms with E-state index in [0.717, 1.165) is 19.3 Å². The summed E-state index contributed by atoms with van der Waals surface area (Å²) in [6, 6.07) is 10.5. The Morgan fingerprint density at radius 2 is 1.81 bits per heavy atom. The van der Waals surface area contributed by atoms with Crippen LogP contribution in [-0.2, 0) is 19.2 Å². The van der Waals surface area contributed by atoms with Crippen molar-refractivity contribution in [3.05, 3.63) is 30.3 Å². The predicted octanol–water partition coefficient (Wildman–Crippen LogP) is 4.99. The van der Waals surface area contributed by atoms with E-state index in [9.17, 15) is 0 Å². The summed E-state index contributed by atoms with van der Waals surface area (Å²) in [7, 11) is 0. The van der Waals surface area contributed by atoms with Crippen LogP contribution in [0.5, 0.6) is 0 Å². The van der Waals surface area contributed by atoms with E-state index in [0.29, 0.717) is 23.7 Å². The van der Waals surface area contributed by atoms with Crippen LogP contribution in [0, 0.1) is 23.7 Å². The Labute approximate surface area is 159 Å². The number of hydrogen-bond acceptors (Lipinski definition) is 5. The largest absolute Gasteiger partial charge is 0.335 e. The fraction of sp³-hybridized carbons (Fsp3) is 0.714. The maximum absolute atomic E-state index is 6.60. The molecule has 4 aliphatic heterocycles. The molecule has 0 N–H and O–H groups in total. The second-order valence-electron chi connectivity index (χ2n) is 8.70. The van der Waals surface area contributed by atoms with Crippen molar-refractivity contribution >= 4 is 11.8 Å². The number of ether oxygens (including phenoxy) is 2. The predicted molar refractivity (Wildman–Crippen MR) is 99.1 cm³/mol. The molecule has 6 rings (SSSR count). The van der Waals surface area contributed by atoms with Crippen LogP contribution in [0.25, 0.3) is 0 Å². The molecule has 26 heavy (non-hydrogen) atoms. The van der Waals surface area contributed by atoms with Crippen LogP contribution < -0.4 is 0 Å². The van der Waals surface area contributed by atoms with Crippen LogP contribution in [0.3, 0.4) is 0 Å². The monoisotopic (exact) mass is 376 g/mol. The Morgan fingerprint density at radius 3 is 2.62 bits per heavy atom. The van der Waals surface area contributed by atoms with Gasteiger partial charge >= 0.3 is 0 Å². The Kier molecular flexibility index (Phi) is 4.18. The molecule has 4 heterocycles. The first kappa shape index (κ1) is 17.5. The molecule has 0 radical (unpaired) electrons. The smallest absolute Gasteiger partial charge is 0.201 e. The second-order valence-corrected chi connectivity index (χ2v) is 9.88. The summed E-state index contributed by atoms with van der Waals surface area (Å²) in [5.41, 5.74) is -0.389. The van der Waals surface area contributed by atoms with Crippen molar-refractivity contribution in [1.29, 1.82) is 0 Å². The van der Waals surface area contributed by atoms with Crippen molar-refractivity contribution in [2.24, 2.45) is 23.7 Å². The molecule has 142 valence electrons. The Morgan fingerprint density at radius 1 is 1.00 bits per heavy atom. The number of benzene rings is 1. The zero-order valence-corrected chi connectivity index (χ0v) is 16.5. The van der Waals surface area contributed by atoms with Gasteiger partial charge in [0.05, 0.1) is 0 Å². The Bertz CT molecular complexity index is 669. The quantitative estimate of drug-likeness (QED) is 0.680. The lowest BCUT2D eigenvalue weighted by Gasteiger charge is -2.60. The number of fused-ring (bicyclic) bond motifs is 2. The molecule has 1 saturated carbocycles. The lowest BCUT2D eigenvalue weighted by Crippen LogP contribution is -2.70. The van der Waals surface area contributed by atoms with Crippen LogP contribution in [0.4, 0.5) is 0 Å². The molecule has 8 atom stereocenters. The third-order valence-electron chi connectivity index (χ3n) is 7.09. The van der Waals surface area contributed by atoms with E-state index in [1.807, 2.05) is 6.92 Å². The minimum absolute atomic E-state index is 0.0682. The standard InChI is InChI=1S/C21H28O4S/c1-13-9-10-17-14(2)18(26-15-7-5-4-6-8-15)22-19-21(17)16(13)11-12-20(3,23-19)24-25-21/h4-8,13-14,16-19H,9-12H2,1-3H3/t13-,14-,16+,17+,18+,19-,20?,21-/m1/s1. The molecule has 1 aromatic carbocycles. The van der Waals surface area contributed by atoms with Gasteiger partial charge in [0.25, 0.3) is 0 Å². The first-order valence-corrected chi connectivity index (χ1v) is 10.8. The molecule has 4 saturated heterocycles. The maximum atomic E-state index is 6.60. The molecule has 1 unspecified atom stereocenters. The molecule has 0 aromatic heterocycles. The Hall–Kier alpha value is -0.590. The molecule has 1 aromatic rings. The summed E-state index contributed by atoms with van der Waals surface area (Å²) in [6.45, 7) is 6.65. The van der Waals surface area contributed by atoms with Crippen LogP contribution in [0.1, 0.15) is 46.5 Å². The zero-order valence-electron chi connectivity index (χ0n) is 15.7. The molecule has 5 fully saturated rings. The minimum Gasteiger partial charge on any atom is -0.335 e. The van der Waals surface area contributed by atoms with Gasteiger partial charge in [0.2, 0.25) is 5.79 Å². The normalized spacial score (nSPS) is 50.1. The number of hydrogen-bond donors (Lipinski definition) is 0. The molecular weight excluding hydrogens is 348 g/mol.